The minimum Gasteiger partial charge on any atom is -0.351 e. The molecule has 5 nitrogen and oxygen atoms in total. The molecular weight excluding hydrogens is 399 g/mol. The van der Waals surface area contributed by atoms with Gasteiger partial charge in [0.05, 0.1) is 4.90 Å². The van der Waals surface area contributed by atoms with E-state index in [0.29, 0.717) is 24.1 Å². The Morgan fingerprint density at radius 1 is 1.04 bits per heavy atom. The maximum absolute atomic E-state index is 13.2. The third-order valence-corrected chi connectivity index (χ3v) is 10.2. The zero-order chi connectivity index (χ0) is 19.5. The number of benzene rings is 1. The van der Waals surface area contributed by atoms with Gasteiger partial charge in [0.25, 0.3) is 0 Å². The summed E-state index contributed by atoms with van der Waals surface area (Å²) in [6.07, 6.45) is 6.16. The lowest BCUT2D eigenvalue weighted by Gasteiger charge is -2.54. The summed E-state index contributed by atoms with van der Waals surface area (Å²) in [6.45, 7) is 0.296. The van der Waals surface area contributed by atoms with E-state index in [0.717, 1.165) is 24.0 Å². The second kappa shape index (κ2) is 6.99. The highest BCUT2D eigenvalue weighted by Gasteiger charge is 2.50. The summed E-state index contributed by atoms with van der Waals surface area (Å²) < 4.78 is 40.5. The van der Waals surface area contributed by atoms with Crippen molar-refractivity contribution in [3.63, 3.8) is 0 Å². The molecule has 1 saturated heterocycles. The maximum Gasteiger partial charge on any atom is 0.248 e. The summed E-state index contributed by atoms with van der Waals surface area (Å²) in [5.41, 5.74) is 0. The molecule has 5 fully saturated rings. The third kappa shape index (κ3) is 3.17. The molecule has 1 N–H and O–H groups in total. The van der Waals surface area contributed by atoms with E-state index >= 15 is 0 Å². The Morgan fingerprint density at radius 3 is 2.25 bits per heavy atom. The van der Waals surface area contributed by atoms with Crippen molar-refractivity contribution in [1.29, 1.82) is 0 Å². The van der Waals surface area contributed by atoms with Gasteiger partial charge >= 0.3 is 0 Å². The van der Waals surface area contributed by atoms with E-state index in [-0.39, 0.29) is 16.8 Å². The molecule has 152 valence electrons. The van der Waals surface area contributed by atoms with Gasteiger partial charge in [-0.25, -0.2) is 12.8 Å². The van der Waals surface area contributed by atoms with Crippen molar-refractivity contribution < 1.29 is 17.6 Å². The largest absolute Gasteiger partial charge is 0.351 e. The van der Waals surface area contributed by atoms with Gasteiger partial charge in [0.2, 0.25) is 15.9 Å². The second-order valence-corrected chi connectivity index (χ2v) is 11.8. The number of sulfonamides is 1. The van der Waals surface area contributed by atoms with Gasteiger partial charge in [-0.1, -0.05) is 0 Å². The van der Waals surface area contributed by atoms with E-state index in [1.54, 1.807) is 0 Å². The summed E-state index contributed by atoms with van der Waals surface area (Å²) in [5.74, 6) is 2.66. The molecule has 4 aliphatic carbocycles. The van der Waals surface area contributed by atoms with Crippen LogP contribution in [0.3, 0.4) is 0 Å². The lowest BCUT2D eigenvalue weighted by Crippen LogP contribution is -2.58. The van der Waals surface area contributed by atoms with Crippen molar-refractivity contribution in [1.82, 2.24) is 9.62 Å². The molecule has 1 unspecified atom stereocenters. The van der Waals surface area contributed by atoms with Gasteiger partial charge in [-0.15, -0.1) is 11.8 Å². The molecule has 8 heteroatoms. The van der Waals surface area contributed by atoms with Crippen LogP contribution < -0.4 is 5.32 Å². The first-order valence-corrected chi connectivity index (χ1v) is 12.6. The zero-order valence-corrected chi connectivity index (χ0v) is 17.2. The van der Waals surface area contributed by atoms with Crippen molar-refractivity contribution in [2.45, 2.75) is 48.4 Å². The summed E-state index contributed by atoms with van der Waals surface area (Å²) in [7, 11) is -3.83. The molecule has 1 aromatic carbocycles. The van der Waals surface area contributed by atoms with Crippen molar-refractivity contribution in [3.8, 4) is 0 Å². The molecule has 1 aromatic rings. The Bertz CT molecular complexity index is 846. The Kier molecular flexibility index (Phi) is 4.71. The number of carbonyl (C=O) groups is 1. The molecule has 4 bridgehead atoms. The first kappa shape index (κ1) is 18.9. The van der Waals surface area contributed by atoms with Gasteiger partial charge < -0.3 is 5.32 Å². The van der Waals surface area contributed by atoms with E-state index in [1.165, 1.54) is 60.3 Å². The monoisotopic (exact) mass is 424 g/mol. The smallest absolute Gasteiger partial charge is 0.248 e. The topological polar surface area (TPSA) is 66.5 Å². The minimum atomic E-state index is -3.83. The first-order valence-electron chi connectivity index (χ1n) is 10.1. The standard InChI is InChI=1S/C20H25FN2O3S2/c21-16-1-3-17(4-2-16)28(25,26)23-5-6-27-20(23)19(24)22-18-14-8-12-7-13(10-14)11-15(18)9-12/h1-4,12-15,18,20H,5-11H2,(H,22,24). The predicted molar refractivity (Wildman–Crippen MR) is 106 cm³/mol. The lowest BCUT2D eigenvalue weighted by molar-refractivity contribution is -0.126. The van der Waals surface area contributed by atoms with Crippen molar-refractivity contribution in [3.05, 3.63) is 30.1 Å². The summed E-state index contributed by atoms with van der Waals surface area (Å²) in [5, 5.41) is 2.50. The third-order valence-electron chi connectivity index (χ3n) is 7.03. The van der Waals surface area contributed by atoms with E-state index in [2.05, 4.69) is 5.32 Å². The average molecular weight is 425 g/mol. The van der Waals surface area contributed by atoms with Gasteiger partial charge in [-0.3, -0.25) is 4.79 Å². The van der Waals surface area contributed by atoms with E-state index in [4.69, 9.17) is 0 Å². The van der Waals surface area contributed by atoms with Gasteiger partial charge in [0, 0.05) is 18.3 Å². The molecule has 4 saturated carbocycles. The quantitative estimate of drug-likeness (QED) is 0.807. The second-order valence-electron chi connectivity index (χ2n) is 8.76. The van der Waals surface area contributed by atoms with Crippen LogP contribution in [-0.2, 0) is 14.8 Å². The molecule has 28 heavy (non-hydrogen) atoms. The zero-order valence-electron chi connectivity index (χ0n) is 15.6. The SMILES string of the molecule is O=C(NC1C2CC3CC(C2)CC1C3)C1SCCN1S(=O)(=O)c1ccc(F)cc1. The number of carbonyl (C=O) groups excluding carboxylic acids is 1. The van der Waals surface area contributed by atoms with Gasteiger partial charge in [0.1, 0.15) is 11.2 Å². The molecule has 5 aliphatic rings. The first-order chi connectivity index (χ1) is 13.4. The van der Waals surface area contributed by atoms with Crippen LogP contribution in [0, 0.1) is 29.5 Å². The van der Waals surface area contributed by atoms with Crippen LogP contribution in [0.4, 0.5) is 4.39 Å². The minimum absolute atomic E-state index is 0.0313. The van der Waals surface area contributed by atoms with Crippen LogP contribution in [0.2, 0.25) is 0 Å². The number of halogens is 1. The van der Waals surface area contributed by atoms with Crippen LogP contribution in [-0.4, -0.2) is 42.3 Å². The van der Waals surface area contributed by atoms with E-state index < -0.39 is 21.2 Å². The molecule has 0 spiro atoms. The Morgan fingerprint density at radius 2 is 1.64 bits per heavy atom. The Hall–Kier alpha value is -1.12. The van der Waals surface area contributed by atoms with E-state index in [9.17, 15) is 17.6 Å². The van der Waals surface area contributed by atoms with Crippen LogP contribution in [0.1, 0.15) is 32.1 Å². The number of amides is 1. The van der Waals surface area contributed by atoms with Crippen molar-refractivity contribution in [2.75, 3.05) is 12.3 Å². The molecule has 1 atom stereocenters. The van der Waals surface area contributed by atoms with Crippen molar-refractivity contribution in [2.24, 2.45) is 23.7 Å². The fourth-order valence-electron chi connectivity index (χ4n) is 6.05. The number of hydrogen-bond acceptors (Lipinski definition) is 4. The molecule has 0 radical (unpaired) electrons. The molecule has 1 heterocycles. The van der Waals surface area contributed by atoms with E-state index in [1.807, 2.05) is 0 Å². The Labute approximate surface area is 169 Å². The van der Waals surface area contributed by atoms with Crippen molar-refractivity contribution >= 4 is 27.7 Å². The van der Waals surface area contributed by atoms with Crippen LogP contribution in [0.15, 0.2) is 29.2 Å². The van der Waals surface area contributed by atoms with Gasteiger partial charge in [0.15, 0.2) is 0 Å². The van der Waals surface area contributed by atoms with Crippen LogP contribution >= 0.6 is 11.8 Å². The number of hydrogen-bond donors (Lipinski definition) is 1. The van der Waals surface area contributed by atoms with Gasteiger partial charge in [-0.2, -0.15) is 4.31 Å². The summed E-state index contributed by atoms with van der Waals surface area (Å²) in [6, 6.07) is 5.00. The maximum atomic E-state index is 13.2. The predicted octanol–water partition coefficient (Wildman–Crippen LogP) is 2.83. The number of rotatable bonds is 4. The molecule has 6 rings (SSSR count). The fourth-order valence-corrected chi connectivity index (χ4v) is 9.13. The highest BCUT2D eigenvalue weighted by Crippen LogP contribution is 2.53. The highest BCUT2D eigenvalue weighted by atomic mass is 32.2. The molecule has 1 amide bonds. The highest BCUT2D eigenvalue weighted by molar-refractivity contribution is 8.02. The lowest BCUT2D eigenvalue weighted by atomic mass is 9.54. The van der Waals surface area contributed by atoms with Crippen LogP contribution in [0.5, 0.6) is 0 Å². The average Bonchev–Trinajstić information content (AvgIpc) is 3.15. The summed E-state index contributed by atoms with van der Waals surface area (Å²) in [4.78, 5) is 13.1. The number of nitrogens with zero attached hydrogens (tertiary/aromatic N) is 1. The summed E-state index contributed by atoms with van der Waals surface area (Å²) >= 11 is 1.37. The molecule has 0 aromatic heterocycles. The number of thioether (sulfide) groups is 1. The Balaban J connectivity index is 1.32. The molecular formula is C20H25FN2O3S2. The molecule has 1 aliphatic heterocycles. The number of nitrogens with one attached hydrogen (secondary N) is 1. The fraction of sp³-hybridized carbons (Fsp3) is 0.650. The van der Waals surface area contributed by atoms with Crippen LogP contribution in [0.25, 0.3) is 0 Å². The van der Waals surface area contributed by atoms with Gasteiger partial charge in [-0.05, 0) is 80.0 Å². The normalized spacial score (nSPS) is 37.3.